The molecule has 4 aromatic rings. The highest BCUT2D eigenvalue weighted by molar-refractivity contribution is 7.92. The second kappa shape index (κ2) is 16.1. The van der Waals surface area contributed by atoms with Gasteiger partial charge in [-0.05, 0) is 55.7 Å². The summed E-state index contributed by atoms with van der Waals surface area (Å²) in [5.41, 5.74) is 3.91. The standard InChI is InChI=1S/C37H43N3O5S/c1-5-6-22-38-37(42)35(24-30-13-8-7-9-14-30)39(26-31-15-10-12-29(3)23-31)36(41)27-40(32-16-11-17-33(25-32)45-4)46(43,44)34-20-18-28(2)19-21-34/h7-21,23,25,35H,5-6,22,24,26-27H2,1-4H3,(H,38,42)/t35-/m1/s1. The highest BCUT2D eigenvalue weighted by Crippen LogP contribution is 2.28. The Hall–Kier alpha value is -4.63. The van der Waals surface area contributed by atoms with Crippen LogP contribution in [0.4, 0.5) is 5.69 Å². The summed E-state index contributed by atoms with van der Waals surface area (Å²) in [7, 11) is -2.70. The molecular weight excluding hydrogens is 598 g/mol. The van der Waals surface area contributed by atoms with E-state index in [-0.39, 0.29) is 29.5 Å². The number of carbonyl (C=O) groups is 2. The van der Waals surface area contributed by atoms with Crippen molar-refractivity contribution < 1.29 is 22.7 Å². The van der Waals surface area contributed by atoms with E-state index in [0.29, 0.717) is 12.3 Å². The van der Waals surface area contributed by atoms with Crippen molar-refractivity contribution in [1.29, 1.82) is 0 Å². The van der Waals surface area contributed by atoms with Crippen molar-refractivity contribution in [2.75, 3.05) is 24.5 Å². The fraction of sp³-hybridized carbons (Fsp3) is 0.297. The van der Waals surface area contributed by atoms with E-state index in [1.807, 2.05) is 75.4 Å². The molecule has 0 saturated heterocycles. The number of methoxy groups -OCH3 is 1. The van der Waals surface area contributed by atoms with Gasteiger partial charge in [-0.25, -0.2) is 8.42 Å². The van der Waals surface area contributed by atoms with E-state index in [1.54, 1.807) is 36.4 Å². The third-order valence-electron chi connectivity index (χ3n) is 7.77. The second-order valence-electron chi connectivity index (χ2n) is 11.4. The fourth-order valence-electron chi connectivity index (χ4n) is 5.20. The predicted molar refractivity (Wildman–Crippen MR) is 182 cm³/mol. The van der Waals surface area contributed by atoms with Crippen LogP contribution in [-0.4, -0.2) is 51.4 Å². The van der Waals surface area contributed by atoms with E-state index in [9.17, 15) is 18.0 Å². The molecule has 242 valence electrons. The Morgan fingerprint density at radius 1 is 0.826 bits per heavy atom. The summed E-state index contributed by atoms with van der Waals surface area (Å²) in [5, 5.41) is 3.02. The lowest BCUT2D eigenvalue weighted by Crippen LogP contribution is -2.53. The van der Waals surface area contributed by atoms with Crippen LogP contribution in [0.5, 0.6) is 5.75 Å². The summed E-state index contributed by atoms with van der Waals surface area (Å²) >= 11 is 0. The first kappa shape index (κ1) is 34.2. The maximum Gasteiger partial charge on any atom is 0.264 e. The number of aryl methyl sites for hydroxylation is 2. The molecule has 0 bridgehead atoms. The summed E-state index contributed by atoms with van der Waals surface area (Å²) in [6.07, 6.45) is 1.97. The molecule has 0 heterocycles. The van der Waals surface area contributed by atoms with Gasteiger partial charge in [0.05, 0.1) is 17.7 Å². The van der Waals surface area contributed by atoms with E-state index in [1.165, 1.54) is 24.1 Å². The van der Waals surface area contributed by atoms with Crippen molar-refractivity contribution in [3.63, 3.8) is 0 Å². The summed E-state index contributed by atoms with van der Waals surface area (Å²) in [6.45, 7) is 5.96. The monoisotopic (exact) mass is 641 g/mol. The number of rotatable bonds is 15. The molecule has 4 rings (SSSR count). The second-order valence-corrected chi connectivity index (χ2v) is 13.2. The first-order valence-electron chi connectivity index (χ1n) is 15.5. The SMILES string of the molecule is CCCCNC(=O)[C@@H](Cc1ccccc1)N(Cc1cccc(C)c1)C(=O)CN(c1cccc(OC)c1)S(=O)(=O)c1ccc(C)cc1. The summed E-state index contributed by atoms with van der Waals surface area (Å²) < 4.78 is 34.9. The van der Waals surface area contributed by atoms with E-state index in [0.717, 1.165) is 39.4 Å². The highest BCUT2D eigenvalue weighted by Gasteiger charge is 2.34. The number of hydrogen-bond acceptors (Lipinski definition) is 5. The van der Waals surface area contributed by atoms with Gasteiger partial charge in [0.25, 0.3) is 10.0 Å². The van der Waals surface area contributed by atoms with Gasteiger partial charge in [-0.1, -0.05) is 97.3 Å². The number of benzene rings is 4. The van der Waals surface area contributed by atoms with Crippen LogP contribution in [0, 0.1) is 13.8 Å². The van der Waals surface area contributed by atoms with Gasteiger partial charge in [-0.2, -0.15) is 0 Å². The number of hydrogen-bond donors (Lipinski definition) is 1. The third-order valence-corrected chi connectivity index (χ3v) is 9.55. The van der Waals surface area contributed by atoms with Crippen LogP contribution in [0.1, 0.15) is 42.0 Å². The third kappa shape index (κ3) is 8.97. The van der Waals surface area contributed by atoms with Crippen LogP contribution >= 0.6 is 0 Å². The summed E-state index contributed by atoms with van der Waals surface area (Å²) in [5.74, 6) is -0.345. The molecule has 0 fully saturated rings. The van der Waals surface area contributed by atoms with Crippen molar-refractivity contribution in [3.8, 4) is 5.75 Å². The average Bonchev–Trinajstić information content (AvgIpc) is 3.05. The first-order chi connectivity index (χ1) is 22.1. The number of sulfonamides is 1. The largest absolute Gasteiger partial charge is 0.497 e. The highest BCUT2D eigenvalue weighted by atomic mass is 32.2. The van der Waals surface area contributed by atoms with Crippen LogP contribution in [0.25, 0.3) is 0 Å². The molecule has 0 spiro atoms. The maximum atomic E-state index is 14.6. The van der Waals surface area contributed by atoms with Gasteiger partial charge in [0.15, 0.2) is 0 Å². The zero-order valence-corrected chi connectivity index (χ0v) is 27.8. The minimum atomic E-state index is -4.20. The first-order valence-corrected chi connectivity index (χ1v) is 17.0. The Morgan fingerprint density at radius 3 is 2.20 bits per heavy atom. The molecule has 8 nitrogen and oxygen atoms in total. The minimum absolute atomic E-state index is 0.0529. The van der Waals surface area contributed by atoms with Gasteiger partial charge in [0.2, 0.25) is 11.8 Å². The summed E-state index contributed by atoms with van der Waals surface area (Å²) in [6, 6.07) is 29.5. The number of amides is 2. The average molecular weight is 642 g/mol. The molecule has 0 aliphatic heterocycles. The molecule has 1 N–H and O–H groups in total. The molecular formula is C37H43N3O5S. The van der Waals surface area contributed by atoms with E-state index < -0.39 is 28.5 Å². The van der Waals surface area contributed by atoms with E-state index in [4.69, 9.17) is 4.74 Å². The topological polar surface area (TPSA) is 96.0 Å². The quantitative estimate of drug-likeness (QED) is 0.159. The van der Waals surface area contributed by atoms with Crippen LogP contribution in [0.2, 0.25) is 0 Å². The number of ether oxygens (including phenoxy) is 1. The van der Waals surface area contributed by atoms with Gasteiger partial charge < -0.3 is 15.0 Å². The van der Waals surface area contributed by atoms with Crippen molar-refractivity contribution >= 4 is 27.5 Å². The van der Waals surface area contributed by atoms with Gasteiger partial charge in [0.1, 0.15) is 18.3 Å². The molecule has 4 aromatic carbocycles. The zero-order chi connectivity index (χ0) is 33.1. The number of nitrogens with zero attached hydrogens (tertiary/aromatic N) is 2. The Bertz CT molecular complexity index is 1710. The molecule has 1 atom stereocenters. The van der Waals surface area contributed by atoms with Crippen molar-refractivity contribution in [2.45, 2.75) is 57.5 Å². The van der Waals surface area contributed by atoms with E-state index in [2.05, 4.69) is 5.32 Å². The molecule has 9 heteroatoms. The normalized spacial score (nSPS) is 11.8. The van der Waals surface area contributed by atoms with Gasteiger partial charge in [0, 0.05) is 25.6 Å². The van der Waals surface area contributed by atoms with Crippen LogP contribution in [-0.2, 0) is 32.6 Å². The number of nitrogens with one attached hydrogen (secondary N) is 1. The molecule has 0 saturated carbocycles. The fourth-order valence-corrected chi connectivity index (χ4v) is 6.61. The van der Waals surface area contributed by atoms with Gasteiger partial charge in [-0.3, -0.25) is 13.9 Å². The molecule has 46 heavy (non-hydrogen) atoms. The van der Waals surface area contributed by atoms with Crippen molar-refractivity contribution in [1.82, 2.24) is 10.2 Å². The number of unbranched alkanes of at least 4 members (excludes halogenated alkanes) is 1. The van der Waals surface area contributed by atoms with Crippen LogP contribution in [0.3, 0.4) is 0 Å². The van der Waals surface area contributed by atoms with Crippen molar-refractivity contribution in [3.05, 3.63) is 125 Å². The number of anilines is 1. The lowest BCUT2D eigenvalue weighted by atomic mass is 10.0. The number of carbonyl (C=O) groups excluding carboxylic acids is 2. The van der Waals surface area contributed by atoms with E-state index >= 15 is 0 Å². The molecule has 0 aromatic heterocycles. The van der Waals surface area contributed by atoms with Crippen LogP contribution in [0.15, 0.2) is 108 Å². The smallest absolute Gasteiger partial charge is 0.264 e. The van der Waals surface area contributed by atoms with Crippen molar-refractivity contribution in [2.24, 2.45) is 0 Å². The predicted octanol–water partition coefficient (Wildman–Crippen LogP) is 6.06. The minimum Gasteiger partial charge on any atom is -0.497 e. The molecule has 0 unspecified atom stereocenters. The van der Waals surface area contributed by atoms with Gasteiger partial charge >= 0.3 is 0 Å². The molecule has 0 aliphatic carbocycles. The Balaban J connectivity index is 1.80. The molecule has 2 amide bonds. The summed E-state index contributed by atoms with van der Waals surface area (Å²) in [4.78, 5) is 30.0. The Morgan fingerprint density at radius 2 is 1.52 bits per heavy atom. The van der Waals surface area contributed by atoms with Gasteiger partial charge in [-0.15, -0.1) is 0 Å². The van der Waals surface area contributed by atoms with Crippen LogP contribution < -0.4 is 14.4 Å². The molecule has 0 radical (unpaired) electrons. The Labute approximate surface area is 273 Å². The molecule has 0 aliphatic rings. The zero-order valence-electron chi connectivity index (χ0n) is 27.0. The lowest BCUT2D eigenvalue weighted by molar-refractivity contribution is -0.140. The lowest BCUT2D eigenvalue weighted by Gasteiger charge is -2.34. The maximum absolute atomic E-state index is 14.6. The Kier molecular flexibility index (Phi) is 12.0.